The number of aryl methyl sites for hydroxylation is 2. The van der Waals surface area contributed by atoms with Gasteiger partial charge in [0, 0.05) is 11.7 Å². The Bertz CT molecular complexity index is 1030. The third kappa shape index (κ3) is 3.60. The molecule has 8 heteroatoms. The van der Waals surface area contributed by atoms with Crippen LogP contribution < -0.4 is 10.2 Å². The molecule has 164 valence electrons. The lowest BCUT2D eigenvalue weighted by Crippen LogP contribution is -2.65. The van der Waals surface area contributed by atoms with Crippen LogP contribution in [0.1, 0.15) is 64.7 Å². The van der Waals surface area contributed by atoms with Crippen LogP contribution in [0.25, 0.3) is 0 Å². The number of nitrogens with zero attached hydrogens (tertiary/aromatic N) is 3. The van der Waals surface area contributed by atoms with Gasteiger partial charge in [0.1, 0.15) is 11.2 Å². The molecule has 0 radical (unpaired) electrons. The fourth-order valence-electron chi connectivity index (χ4n) is 4.77. The number of ether oxygens (including phenoxy) is 1. The summed E-state index contributed by atoms with van der Waals surface area (Å²) >= 11 is 0. The molecular formula is C23H28N4O4. The Morgan fingerprint density at radius 1 is 1.16 bits per heavy atom. The van der Waals surface area contributed by atoms with Gasteiger partial charge in [-0.2, -0.15) is 0 Å². The van der Waals surface area contributed by atoms with E-state index in [0.717, 1.165) is 36.8 Å². The van der Waals surface area contributed by atoms with E-state index >= 15 is 0 Å². The van der Waals surface area contributed by atoms with Crippen LogP contribution in [0, 0.1) is 13.8 Å². The summed E-state index contributed by atoms with van der Waals surface area (Å²) in [6.07, 6.45) is 5.51. The van der Waals surface area contributed by atoms with Crippen molar-refractivity contribution >= 4 is 23.5 Å². The Kier molecular flexibility index (Phi) is 5.33. The molecule has 0 saturated heterocycles. The molecule has 2 aliphatic rings. The number of fused-ring (bicyclic) bond motifs is 1. The fraction of sp³-hybridized carbons (Fsp3) is 0.478. The summed E-state index contributed by atoms with van der Waals surface area (Å²) in [5.74, 6) is -1.33. The molecule has 2 amide bonds. The van der Waals surface area contributed by atoms with E-state index in [9.17, 15) is 14.4 Å². The van der Waals surface area contributed by atoms with Crippen molar-refractivity contribution in [1.82, 2.24) is 14.9 Å². The molecule has 0 bridgehead atoms. The first-order chi connectivity index (χ1) is 14.7. The zero-order valence-corrected chi connectivity index (χ0v) is 18.4. The van der Waals surface area contributed by atoms with Gasteiger partial charge >= 0.3 is 5.97 Å². The third-order valence-electron chi connectivity index (χ3n) is 6.24. The average molecular weight is 425 g/mol. The molecule has 4 rings (SSSR count). The second kappa shape index (κ2) is 7.83. The van der Waals surface area contributed by atoms with Gasteiger partial charge in [0.05, 0.1) is 20.0 Å². The van der Waals surface area contributed by atoms with Crippen molar-refractivity contribution < 1.29 is 19.1 Å². The zero-order valence-electron chi connectivity index (χ0n) is 18.4. The Labute approximate surface area is 181 Å². The van der Waals surface area contributed by atoms with Gasteiger partial charge in [0.15, 0.2) is 5.69 Å². The lowest BCUT2D eigenvalue weighted by atomic mass is 9.92. The topological polar surface area (TPSA) is 93.5 Å². The van der Waals surface area contributed by atoms with E-state index in [1.165, 1.54) is 18.3 Å². The number of amides is 2. The van der Waals surface area contributed by atoms with Crippen LogP contribution in [0.2, 0.25) is 0 Å². The van der Waals surface area contributed by atoms with Crippen LogP contribution in [0.5, 0.6) is 0 Å². The van der Waals surface area contributed by atoms with Crippen molar-refractivity contribution in [3.05, 3.63) is 47.0 Å². The van der Waals surface area contributed by atoms with Gasteiger partial charge in [-0.1, -0.05) is 18.9 Å². The molecule has 1 aliphatic carbocycles. The first-order valence-electron chi connectivity index (χ1n) is 10.6. The van der Waals surface area contributed by atoms with Crippen molar-refractivity contribution in [2.75, 3.05) is 12.0 Å². The Hall–Kier alpha value is -3.16. The summed E-state index contributed by atoms with van der Waals surface area (Å²) in [4.78, 5) is 45.2. The smallest absolute Gasteiger partial charge is 0.359 e. The van der Waals surface area contributed by atoms with Crippen molar-refractivity contribution in [3.63, 3.8) is 0 Å². The molecule has 1 N–H and O–H groups in total. The van der Waals surface area contributed by atoms with E-state index in [1.807, 2.05) is 32.0 Å². The van der Waals surface area contributed by atoms with E-state index in [0.29, 0.717) is 5.69 Å². The molecule has 2 heterocycles. The number of hydrogen-bond donors (Lipinski definition) is 1. The Balaban J connectivity index is 1.83. The monoisotopic (exact) mass is 424 g/mol. The molecule has 0 spiro atoms. The summed E-state index contributed by atoms with van der Waals surface area (Å²) in [6, 6.07) is 5.90. The normalized spacial score (nSPS) is 21.2. The molecule has 1 aromatic carbocycles. The van der Waals surface area contributed by atoms with E-state index in [1.54, 1.807) is 11.5 Å². The van der Waals surface area contributed by atoms with E-state index in [2.05, 4.69) is 10.3 Å². The number of aromatic nitrogens is 2. The maximum absolute atomic E-state index is 13.8. The van der Waals surface area contributed by atoms with Crippen LogP contribution in [0.3, 0.4) is 0 Å². The Morgan fingerprint density at radius 2 is 1.81 bits per heavy atom. The molecule has 1 fully saturated rings. The van der Waals surface area contributed by atoms with Crippen LogP contribution >= 0.6 is 0 Å². The van der Waals surface area contributed by atoms with E-state index < -0.39 is 17.4 Å². The summed E-state index contributed by atoms with van der Waals surface area (Å²) < 4.78 is 6.40. The molecule has 1 aliphatic heterocycles. The van der Waals surface area contributed by atoms with Gasteiger partial charge in [-0.05, 0) is 56.9 Å². The van der Waals surface area contributed by atoms with Crippen molar-refractivity contribution in [2.45, 2.75) is 64.6 Å². The third-order valence-corrected chi connectivity index (χ3v) is 6.24. The molecule has 8 nitrogen and oxygen atoms in total. The first kappa shape index (κ1) is 21.1. The van der Waals surface area contributed by atoms with Crippen LogP contribution in [-0.2, 0) is 16.1 Å². The number of carbonyl (C=O) groups excluding carboxylic acids is 3. The second-order valence-electron chi connectivity index (χ2n) is 8.78. The predicted octanol–water partition coefficient (Wildman–Crippen LogP) is 2.76. The number of benzene rings is 1. The number of hydrogen-bond acceptors (Lipinski definition) is 5. The minimum Gasteiger partial charge on any atom is -0.464 e. The van der Waals surface area contributed by atoms with Gasteiger partial charge in [0.2, 0.25) is 5.91 Å². The highest BCUT2D eigenvalue weighted by molar-refractivity contribution is 6.15. The zero-order chi connectivity index (χ0) is 22.3. The van der Waals surface area contributed by atoms with Crippen molar-refractivity contribution in [2.24, 2.45) is 0 Å². The summed E-state index contributed by atoms with van der Waals surface area (Å²) in [7, 11) is 1.25. The molecule has 31 heavy (non-hydrogen) atoms. The van der Waals surface area contributed by atoms with E-state index in [4.69, 9.17) is 4.74 Å². The lowest BCUT2D eigenvalue weighted by molar-refractivity contribution is -0.127. The van der Waals surface area contributed by atoms with Gasteiger partial charge < -0.3 is 14.6 Å². The first-order valence-corrected chi connectivity index (χ1v) is 10.6. The largest absolute Gasteiger partial charge is 0.464 e. The highest BCUT2D eigenvalue weighted by atomic mass is 16.5. The molecule has 1 aromatic heterocycles. The summed E-state index contributed by atoms with van der Waals surface area (Å²) in [5.41, 5.74) is 1.50. The second-order valence-corrected chi connectivity index (χ2v) is 8.78. The number of rotatable bonds is 4. The highest BCUT2D eigenvalue weighted by Crippen LogP contribution is 2.35. The number of methoxy groups -OCH3 is 1. The number of carbonyl (C=O) groups is 3. The van der Waals surface area contributed by atoms with Crippen molar-refractivity contribution in [3.8, 4) is 0 Å². The minimum absolute atomic E-state index is 0.0415. The number of nitrogens with one attached hydrogen (secondary N) is 1. The van der Waals surface area contributed by atoms with Gasteiger partial charge in [-0.25, -0.2) is 9.78 Å². The van der Waals surface area contributed by atoms with Crippen LogP contribution in [0.4, 0.5) is 5.69 Å². The quantitative estimate of drug-likeness (QED) is 0.762. The van der Waals surface area contributed by atoms with Gasteiger partial charge in [-0.3, -0.25) is 14.5 Å². The average Bonchev–Trinajstić information content (AvgIpc) is 3.36. The standard InChI is InChI=1S/C23H28N4O4/c1-14-9-15(2)11-17(10-14)27-20(28)19-18(21(29)31-4)24-13-26(19)12-23(27,3)22(30)25-16-7-5-6-8-16/h9-11,13,16H,5-8,12H2,1-4H3,(H,25,30). The van der Waals surface area contributed by atoms with E-state index in [-0.39, 0.29) is 29.9 Å². The maximum atomic E-state index is 13.8. The Morgan fingerprint density at radius 3 is 2.42 bits per heavy atom. The maximum Gasteiger partial charge on any atom is 0.359 e. The van der Waals surface area contributed by atoms with Crippen molar-refractivity contribution in [1.29, 1.82) is 0 Å². The summed E-state index contributed by atoms with van der Waals surface area (Å²) in [5, 5.41) is 3.15. The van der Waals surface area contributed by atoms with Gasteiger partial charge in [-0.15, -0.1) is 0 Å². The molecule has 1 saturated carbocycles. The van der Waals surface area contributed by atoms with Crippen LogP contribution in [-0.4, -0.2) is 46.0 Å². The molecular weight excluding hydrogens is 396 g/mol. The summed E-state index contributed by atoms with van der Waals surface area (Å²) in [6.45, 7) is 5.85. The minimum atomic E-state index is -1.18. The number of esters is 1. The molecule has 2 aromatic rings. The molecule has 1 unspecified atom stereocenters. The SMILES string of the molecule is COC(=O)c1ncn2c1C(=O)N(c1cc(C)cc(C)c1)C(C)(C(=O)NC1CCCC1)C2. The van der Waals surface area contributed by atoms with Crippen LogP contribution in [0.15, 0.2) is 24.5 Å². The number of imidazole rings is 1. The number of anilines is 1. The highest BCUT2D eigenvalue weighted by Gasteiger charge is 2.50. The molecule has 1 atom stereocenters. The lowest BCUT2D eigenvalue weighted by Gasteiger charge is -2.44. The van der Waals surface area contributed by atoms with Gasteiger partial charge in [0.25, 0.3) is 5.91 Å². The fourth-order valence-corrected chi connectivity index (χ4v) is 4.77. The predicted molar refractivity (Wildman–Crippen MR) is 115 cm³/mol.